The second-order valence-electron chi connectivity index (χ2n) is 13.0. The molecule has 1 spiro atoms. The summed E-state index contributed by atoms with van der Waals surface area (Å²) in [6.07, 6.45) is -1.07. The van der Waals surface area contributed by atoms with Crippen LogP contribution in [-0.4, -0.2) is 65.5 Å². The fraction of sp³-hybridized carbons (Fsp3) is 0.485. The fourth-order valence-corrected chi connectivity index (χ4v) is 5.91. The Bertz CT molecular complexity index is 1410. The van der Waals surface area contributed by atoms with Crippen molar-refractivity contribution in [3.63, 3.8) is 0 Å². The van der Waals surface area contributed by atoms with E-state index in [0.29, 0.717) is 12.1 Å². The van der Waals surface area contributed by atoms with Gasteiger partial charge < -0.3 is 20.3 Å². The molecule has 0 saturated carbocycles. The number of rotatable bonds is 8. The van der Waals surface area contributed by atoms with Gasteiger partial charge >= 0.3 is 12.3 Å². The highest BCUT2D eigenvalue weighted by Crippen LogP contribution is 2.47. The predicted octanol–water partition coefficient (Wildman–Crippen LogP) is 4.57. The van der Waals surface area contributed by atoms with Crippen LogP contribution in [0.2, 0.25) is 0 Å². The van der Waals surface area contributed by atoms with Crippen molar-refractivity contribution in [3.8, 4) is 0 Å². The number of hydrogen-bond acceptors (Lipinski definition) is 5. The molecule has 4 amide bonds. The third-order valence-electron chi connectivity index (χ3n) is 8.27. The van der Waals surface area contributed by atoms with Crippen LogP contribution in [0.3, 0.4) is 0 Å². The maximum atomic E-state index is 14.3. The Morgan fingerprint density at radius 3 is 2.42 bits per heavy atom. The van der Waals surface area contributed by atoms with Gasteiger partial charge in [-0.05, 0) is 34.9 Å². The van der Waals surface area contributed by atoms with Crippen molar-refractivity contribution >= 4 is 29.5 Å². The van der Waals surface area contributed by atoms with Gasteiger partial charge in [0.15, 0.2) is 0 Å². The summed E-state index contributed by atoms with van der Waals surface area (Å²) in [4.78, 5) is 60.9. The van der Waals surface area contributed by atoms with Gasteiger partial charge in [-0.1, -0.05) is 83.1 Å². The summed E-state index contributed by atoms with van der Waals surface area (Å²) in [7, 11) is 1.55. The number of benzene rings is 2. The number of ether oxygens (including phenoxy) is 1. The smallest absolute Gasteiger partial charge is 0.408 e. The van der Waals surface area contributed by atoms with E-state index in [1.165, 1.54) is 9.80 Å². The zero-order chi connectivity index (χ0) is 31.5. The fourth-order valence-electron chi connectivity index (χ4n) is 5.91. The number of nitrogens with zero attached hydrogens (tertiary/aromatic N) is 3. The van der Waals surface area contributed by atoms with Gasteiger partial charge in [0.2, 0.25) is 11.8 Å². The predicted molar refractivity (Wildman–Crippen MR) is 162 cm³/mol. The van der Waals surface area contributed by atoms with Gasteiger partial charge in [0, 0.05) is 19.3 Å². The highest BCUT2D eigenvalue weighted by Gasteiger charge is 2.59. The van der Waals surface area contributed by atoms with Crippen LogP contribution >= 0.6 is 0 Å². The van der Waals surface area contributed by atoms with Gasteiger partial charge in [0.05, 0.1) is 6.42 Å². The zero-order valence-corrected chi connectivity index (χ0v) is 25.7. The molecule has 4 rings (SSSR count). The number of carbonyl (C=O) groups excluding carboxylic acids is 4. The summed E-state index contributed by atoms with van der Waals surface area (Å²) < 4.78 is 5.39. The molecule has 4 atom stereocenters. The summed E-state index contributed by atoms with van der Waals surface area (Å²) >= 11 is 0. The van der Waals surface area contributed by atoms with Crippen molar-refractivity contribution in [1.82, 2.24) is 15.1 Å². The van der Waals surface area contributed by atoms with Crippen molar-refractivity contribution in [3.05, 3.63) is 77.1 Å². The maximum Gasteiger partial charge on any atom is 0.408 e. The van der Waals surface area contributed by atoms with Gasteiger partial charge in [-0.15, -0.1) is 0 Å². The molecular formula is C33H41N5O5. The lowest BCUT2D eigenvalue weighted by Crippen LogP contribution is -2.59. The number of likely N-dealkylation sites (N-methyl/N-ethyl adjacent to an activating group) is 1. The molecule has 10 nitrogen and oxygen atoms in total. The van der Waals surface area contributed by atoms with E-state index in [1.54, 1.807) is 7.05 Å². The standard InChI is InChI=1S/C33H41N5O5/c1-21(2)17-25(28(39)38-20-33(18-26(38)34-6)23-15-11-12-16-24(23)35-30(33)41)37(7)29(40)27(32(3,4)5)36-31(42)43-19-22-13-9-8-10-14-22/h8-16,21,25-27H,17-20H2,1-5,7H3,(H,35,41)(H,36,42)/t25-,26-,27+,33-/m0/s1. The summed E-state index contributed by atoms with van der Waals surface area (Å²) in [5, 5.41) is 5.63. The van der Waals surface area contributed by atoms with E-state index in [-0.39, 0.29) is 37.3 Å². The van der Waals surface area contributed by atoms with Crippen molar-refractivity contribution in [2.24, 2.45) is 11.3 Å². The van der Waals surface area contributed by atoms with Gasteiger partial charge in [-0.25, -0.2) is 11.4 Å². The minimum Gasteiger partial charge on any atom is -0.445 e. The van der Waals surface area contributed by atoms with Crippen LogP contribution in [-0.2, 0) is 31.1 Å². The minimum atomic E-state index is -1.02. The topological polar surface area (TPSA) is 112 Å². The summed E-state index contributed by atoms with van der Waals surface area (Å²) in [5.41, 5.74) is 0.553. The second-order valence-corrected chi connectivity index (χ2v) is 13.0. The quantitative estimate of drug-likeness (QED) is 0.440. The number of fused-ring (bicyclic) bond motifs is 2. The Morgan fingerprint density at radius 2 is 1.79 bits per heavy atom. The molecule has 0 radical (unpaired) electrons. The van der Waals surface area contributed by atoms with E-state index in [4.69, 9.17) is 11.3 Å². The highest BCUT2D eigenvalue weighted by atomic mass is 16.5. The van der Waals surface area contributed by atoms with Crippen molar-refractivity contribution in [1.29, 1.82) is 0 Å². The van der Waals surface area contributed by atoms with Gasteiger partial charge in [0.25, 0.3) is 5.91 Å². The molecule has 2 aromatic rings. The highest BCUT2D eigenvalue weighted by molar-refractivity contribution is 6.07. The average molecular weight is 588 g/mol. The summed E-state index contributed by atoms with van der Waals surface area (Å²) in [5.74, 6) is -1.02. The molecule has 0 unspecified atom stereocenters. The van der Waals surface area contributed by atoms with Crippen molar-refractivity contribution < 1.29 is 23.9 Å². The molecular weight excluding hydrogens is 546 g/mol. The lowest BCUT2D eigenvalue weighted by atomic mass is 9.80. The number of amides is 4. The SMILES string of the molecule is [C-]#[N+][C@@H]1C[C@@]2(CN1C(=O)[C@H](CC(C)C)N(C)C(=O)[C@@H](NC(=O)OCc1ccccc1)C(C)(C)C)C(=O)Nc1ccccc12. The van der Waals surface area contributed by atoms with Crippen molar-refractivity contribution in [2.75, 3.05) is 18.9 Å². The molecule has 0 aromatic heterocycles. The minimum absolute atomic E-state index is 0.0412. The van der Waals surface area contributed by atoms with Gasteiger partial charge in [0.1, 0.15) is 24.1 Å². The second kappa shape index (κ2) is 12.5. The first-order chi connectivity index (χ1) is 20.3. The number of hydrogen-bond donors (Lipinski definition) is 2. The number of carbonyl (C=O) groups is 4. The van der Waals surface area contributed by atoms with Crippen LogP contribution < -0.4 is 10.6 Å². The van der Waals surface area contributed by atoms with E-state index in [2.05, 4.69) is 15.5 Å². The van der Waals surface area contributed by atoms with Crippen molar-refractivity contribution in [2.45, 2.75) is 77.7 Å². The van der Waals surface area contributed by atoms with Crippen LogP contribution in [0.1, 0.15) is 58.6 Å². The van der Waals surface area contributed by atoms with E-state index in [0.717, 1.165) is 11.1 Å². The molecule has 0 aliphatic carbocycles. The van der Waals surface area contributed by atoms with Gasteiger partial charge in [-0.3, -0.25) is 24.1 Å². The zero-order valence-electron chi connectivity index (χ0n) is 25.7. The monoisotopic (exact) mass is 587 g/mol. The molecule has 2 aromatic carbocycles. The Hall–Kier alpha value is -4.39. The number of nitrogens with one attached hydrogen (secondary N) is 2. The number of alkyl carbamates (subject to hydrolysis) is 1. The number of anilines is 1. The van der Waals surface area contributed by atoms with Gasteiger partial charge in [-0.2, -0.15) is 0 Å². The summed E-state index contributed by atoms with van der Waals surface area (Å²) in [6.45, 7) is 17.4. The molecule has 2 aliphatic heterocycles. The number of likely N-dealkylation sites (tertiary alicyclic amines) is 1. The van der Waals surface area contributed by atoms with E-state index >= 15 is 0 Å². The first kappa shape index (κ1) is 31.5. The van der Waals surface area contributed by atoms with Crippen LogP contribution in [0.4, 0.5) is 10.5 Å². The lowest BCUT2D eigenvalue weighted by Gasteiger charge is -2.37. The van der Waals surface area contributed by atoms with Crippen LogP contribution in [0.25, 0.3) is 4.85 Å². The third kappa shape index (κ3) is 6.51. The van der Waals surface area contributed by atoms with Crippen LogP contribution in [0.15, 0.2) is 54.6 Å². The molecule has 2 heterocycles. The number of para-hydroxylation sites is 1. The normalized spacial score (nSPS) is 20.7. The molecule has 228 valence electrons. The largest absolute Gasteiger partial charge is 0.445 e. The molecule has 1 saturated heterocycles. The van der Waals surface area contributed by atoms with E-state index in [1.807, 2.05) is 89.2 Å². The lowest BCUT2D eigenvalue weighted by molar-refractivity contribution is -0.148. The Labute approximate surface area is 253 Å². The molecule has 2 aliphatic rings. The first-order valence-corrected chi connectivity index (χ1v) is 14.6. The van der Waals surface area contributed by atoms with Crippen LogP contribution in [0, 0.1) is 17.9 Å². The Balaban J connectivity index is 1.56. The van der Waals surface area contributed by atoms with Crippen LogP contribution in [0.5, 0.6) is 0 Å². The Morgan fingerprint density at radius 1 is 1.14 bits per heavy atom. The molecule has 0 bridgehead atoms. The third-order valence-corrected chi connectivity index (χ3v) is 8.27. The Kier molecular flexibility index (Phi) is 9.14. The first-order valence-electron chi connectivity index (χ1n) is 14.6. The van der Waals surface area contributed by atoms with E-state index < -0.39 is 41.1 Å². The molecule has 2 N–H and O–H groups in total. The van der Waals surface area contributed by atoms with E-state index in [9.17, 15) is 19.2 Å². The molecule has 10 heteroatoms. The maximum absolute atomic E-state index is 14.3. The average Bonchev–Trinajstić information content (AvgIpc) is 3.50. The summed E-state index contributed by atoms with van der Waals surface area (Å²) in [6, 6.07) is 14.7. The molecule has 43 heavy (non-hydrogen) atoms. The molecule has 1 fully saturated rings.